The Hall–Kier alpha value is -2.82. The lowest BCUT2D eigenvalue weighted by Crippen LogP contribution is -2.06. The van der Waals surface area contributed by atoms with Crippen LogP contribution in [-0.2, 0) is 9.53 Å². The summed E-state index contributed by atoms with van der Waals surface area (Å²) in [4.78, 5) is 11.1. The quantitative estimate of drug-likeness (QED) is 0.501. The molecule has 0 aromatic heterocycles. The molecule has 5 nitrogen and oxygen atoms in total. The molecule has 0 amide bonds. The third-order valence-electron chi connectivity index (χ3n) is 2.46. The molecule has 0 saturated heterocycles. The third-order valence-corrected chi connectivity index (χ3v) is 2.46. The van der Waals surface area contributed by atoms with Gasteiger partial charge in [0, 0.05) is 6.07 Å². The van der Waals surface area contributed by atoms with Crippen LogP contribution in [0.25, 0.3) is 0 Å². The molecule has 21 heavy (non-hydrogen) atoms. The van der Waals surface area contributed by atoms with E-state index in [1.54, 1.807) is 13.0 Å². The highest BCUT2D eigenvalue weighted by Gasteiger charge is 1.99. The zero-order valence-electron chi connectivity index (χ0n) is 11.7. The van der Waals surface area contributed by atoms with Crippen LogP contribution in [0.15, 0.2) is 59.7 Å². The van der Waals surface area contributed by atoms with Gasteiger partial charge in [-0.1, -0.05) is 24.3 Å². The van der Waals surface area contributed by atoms with Crippen molar-refractivity contribution in [3.05, 3.63) is 54.6 Å². The van der Waals surface area contributed by atoms with Crippen molar-refractivity contribution < 1.29 is 14.3 Å². The molecule has 0 bridgehead atoms. The Morgan fingerprint density at radius 3 is 2.67 bits per heavy atom. The van der Waals surface area contributed by atoms with Gasteiger partial charge in [-0.05, 0) is 31.2 Å². The zero-order chi connectivity index (χ0) is 14.9. The number of carbonyl (C=O) groups excluding carboxylic acids is 1. The molecule has 0 aliphatic rings. The first-order valence-corrected chi connectivity index (χ1v) is 6.56. The van der Waals surface area contributed by atoms with Gasteiger partial charge in [0.25, 0.3) is 0 Å². The van der Waals surface area contributed by atoms with Crippen molar-refractivity contribution in [3.8, 4) is 11.5 Å². The van der Waals surface area contributed by atoms with Crippen molar-refractivity contribution in [2.45, 2.75) is 6.92 Å². The number of nitrogens with zero attached hydrogens (tertiary/aromatic N) is 1. The normalized spacial score (nSPS) is 10.3. The first-order valence-electron chi connectivity index (χ1n) is 6.56. The van der Waals surface area contributed by atoms with Crippen LogP contribution in [0.1, 0.15) is 6.92 Å². The van der Waals surface area contributed by atoms with Crippen LogP contribution in [-0.4, -0.2) is 18.8 Å². The summed E-state index contributed by atoms with van der Waals surface area (Å²) in [5.41, 5.74) is 3.46. The average Bonchev–Trinajstić information content (AvgIpc) is 2.49. The molecule has 0 fully saturated rings. The molecule has 0 atom stereocenters. The second-order valence-electron chi connectivity index (χ2n) is 4.06. The van der Waals surface area contributed by atoms with Gasteiger partial charge in [-0.25, -0.2) is 4.79 Å². The maximum Gasteiger partial charge on any atom is 0.351 e. The maximum absolute atomic E-state index is 11.1. The lowest BCUT2D eigenvalue weighted by atomic mass is 10.3. The monoisotopic (exact) mass is 284 g/mol. The molecule has 0 aliphatic carbocycles. The summed E-state index contributed by atoms with van der Waals surface area (Å²) in [6.45, 7) is 2.06. The first kappa shape index (κ1) is 14.6. The van der Waals surface area contributed by atoms with E-state index >= 15 is 0 Å². The van der Waals surface area contributed by atoms with E-state index in [9.17, 15) is 4.79 Å². The van der Waals surface area contributed by atoms with Crippen LogP contribution in [0.2, 0.25) is 0 Å². The Balaban J connectivity index is 1.96. The molecule has 2 aromatic carbocycles. The Morgan fingerprint density at radius 2 is 1.90 bits per heavy atom. The summed E-state index contributed by atoms with van der Waals surface area (Å²) in [5, 5.41) is 3.80. The summed E-state index contributed by atoms with van der Waals surface area (Å²) in [6, 6.07) is 16.8. The van der Waals surface area contributed by atoms with Gasteiger partial charge in [0.05, 0.1) is 12.3 Å². The molecule has 5 heteroatoms. The van der Waals surface area contributed by atoms with Gasteiger partial charge in [0.2, 0.25) is 0 Å². The van der Waals surface area contributed by atoms with Gasteiger partial charge >= 0.3 is 5.97 Å². The van der Waals surface area contributed by atoms with E-state index in [-0.39, 0.29) is 0 Å². The highest BCUT2D eigenvalue weighted by molar-refractivity contribution is 6.23. The summed E-state index contributed by atoms with van der Waals surface area (Å²) in [7, 11) is 0. The van der Waals surface area contributed by atoms with Crippen LogP contribution in [0, 0.1) is 0 Å². The number of ether oxygens (including phenoxy) is 2. The highest BCUT2D eigenvalue weighted by Crippen LogP contribution is 2.23. The Morgan fingerprint density at radius 1 is 1.14 bits per heavy atom. The van der Waals surface area contributed by atoms with Gasteiger partial charge in [0.1, 0.15) is 17.7 Å². The van der Waals surface area contributed by atoms with E-state index < -0.39 is 5.97 Å². The summed E-state index contributed by atoms with van der Waals surface area (Å²) >= 11 is 0. The van der Waals surface area contributed by atoms with Gasteiger partial charge in [-0.2, -0.15) is 5.10 Å². The Bertz CT molecular complexity index is 612. The van der Waals surface area contributed by atoms with Crippen LogP contribution < -0.4 is 10.2 Å². The van der Waals surface area contributed by atoms with Crippen molar-refractivity contribution in [2.75, 3.05) is 12.0 Å². The second kappa shape index (κ2) is 7.69. The minimum Gasteiger partial charge on any atom is -0.462 e. The van der Waals surface area contributed by atoms with E-state index in [2.05, 4.69) is 10.5 Å². The fraction of sp³-hybridized carbons (Fsp3) is 0.125. The van der Waals surface area contributed by atoms with E-state index in [1.165, 1.54) is 0 Å². The SMILES string of the molecule is CCOC(=O)C=NNc1cccc(Oc2ccccc2)c1. The van der Waals surface area contributed by atoms with E-state index in [1.807, 2.05) is 48.5 Å². The summed E-state index contributed by atoms with van der Waals surface area (Å²) in [6.07, 6.45) is 1.09. The topological polar surface area (TPSA) is 59.9 Å². The molecule has 0 unspecified atom stereocenters. The van der Waals surface area contributed by atoms with Crippen LogP contribution in [0.4, 0.5) is 5.69 Å². The smallest absolute Gasteiger partial charge is 0.351 e. The molecular weight excluding hydrogens is 268 g/mol. The fourth-order valence-electron chi connectivity index (χ4n) is 1.59. The number of esters is 1. The number of rotatable bonds is 6. The highest BCUT2D eigenvalue weighted by atomic mass is 16.5. The Kier molecular flexibility index (Phi) is 5.34. The predicted molar refractivity (Wildman–Crippen MR) is 81.7 cm³/mol. The molecule has 2 aromatic rings. The molecule has 0 heterocycles. The number of hydrazone groups is 1. The third kappa shape index (κ3) is 4.99. The lowest BCUT2D eigenvalue weighted by Gasteiger charge is -2.07. The largest absolute Gasteiger partial charge is 0.462 e. The number of hydrogen-bond acceptors (Lipinski definition) is 5. The second-order valence-corrected chi connectivity index (χ2v) is 4.06. The summed E-state index contributed by atoms with van der Waals surface area (Å²) < 4.78 is 10.4. The van der Waals surface area contributed by atoms with E-state index in [4.69, 9.17) is 9.47 Å². The van der Waals surface area contributed by atoms with Gasteiger partial charge in [0.15, 0.2) is 0 Å². The van der Waals surface area contributed by atoms with E-state index in [0.717, 1.165) is 12.0 Å². The minimum atomic E-state index is -0.485. The molecular formula is C16H16N2O3. The van der Waals surface area contributed by atoms with Crippen molar-refractivity contribution in [2.24, 2.45) is 5.10 Å². The van der Waals surface area contributed by atoms with Crippen LogP contribution in [0.3, 0.4) is 0 Å². The van der Waals surface area contributed by atoms with Crippen molar-refractivity contribution in [3.63, 3.8) is 0 Å². The molecule has 108 valence electrons. The van der Waals surface area contributed by atoms with Gasteiger partial charge in [-0.15, -0.1) is 0 Å². The predicted octanol–water partition coefficient (Wildman–Crippen LogP) is 3.44. The summed E-state index contributed by atoms with van der Waals surface area (Å²) in [5.74, 6) is 0.948. The fourth-order valence-corrected chi connectivity index (χ4v) is 1.59. The van der Waals surface area contributed by atoms with Crippen molar-refractivity contribution in [1.82, 2.24) is 0 Å². The van der Waals surface area contributed by atoms with Gasteiger partial charge < -0.3 is 9.47 Å². The number of hydrogen-bond donors (Lipinski definition) is 1. The molecule has 0 spiro atoms. The zero-order valence-corrected chi connectivity index (χ0v) is 11.7. The maximum atomic E-state index is 11.1. The van der Waals surface area contributed by atoms with Crippen molar-refractivity contribution >= 4 is 17.9 Å². The molecule has 1 N–H and O–H groups in total. The minimum absolute atomic E-state index is 0.325. The van der Waals surface area contributed by atoms with Crippen LogP contribution in [0.5, 0.6) is 11.5 Å². The molecule has 0 saturated carbocycles. The first-order chi connectivity index (χ1) is 10.3. The van der Waals surface area contributed by atoms with Crippen LogP contribution >= 0.6 is 0 Å². The average molecular weight is 284 g/mol. The standard InChI is InChI=1S/C16H16N2O3/c1-2-20-16(19)12-17-18-13-7-6-10-15(11-13)21-14-8-4-3-5-9-14/h3-12,18H,2H2,1H3. The van der Waals surface area contributed by atoms with Gasteiger partial charge in [-0.3, -0.25) is 5.43 Å². The number of nitrogens with one attached hydrogen (secondary N) is 1. The number of carbonyl (C=O) groups is 1. The lowest BCUT2D eigenvalue weighted by molar-refractivity contribution is -0.134. The Labute approximate surface area is 123 Å². The number of anilines is 1. The van der Waals surface area contributed by atoms with Crippen molar-refractivity contribution in [1.29, 1.82) is 0 Å². The molecule has 0 aliphatic heterocycles. The number of benzene rings is 2. The molecule has 0 radical (unpaired) electrons. The number of para-hydroxylation sites is 1. The molecule has 2 rings (SSSR count). The van der Waals surface area contributed by atoms with E-state index in [0.29, 0.717) is 18.0 Å².